The largest absolute Gasteiger partial charge is 0.493 e. The van der Waals surface area contributed by atoms with Crippen molar-refractivity contribution in [1.29, 1.82) is 0 Å². The quantitative estimate of drug-likeness (QED) is 0.916. The van der Waals surface area contributed by atoms with Crippen LogP contribution < -0.4 is 10.1 Å². The van der Waals surface area contributed by atoms with Crippen molar-refractivity contribution in [2.75, 3.05) is 13.7 Å². The third-order valence-corrected chi connectivity index (χ3v) is 3.72. The molecule has 1 unspecified atom stereocenters. The molecule has 0 saturated carbocycles. The average Bonchev–Trinajstić information content (AvgIpc) is 2.86. The van der Waals surface area contributed by atoms with Crippen LogP contribution in [0.2, 0.25) is 0 Å². The molecule has 2 aromatic rings. The zero-order valence-corrected chi connectivity index (χ0v) is 11.4. The van der Waals surface area contributed by atoms with Crippen LogP contribution in [0.15, 0.2) is 34.9 Å². The van der Waals surface area contributed by atoms with Crippen molar-refractivity contribution in [2.24, 2.45) is 0 Å². The van der Waals surface area contributed by atoms with Crippen molar-refractivity contribution < 1.29 is 9.15 Å². The Morgan fingerprint density at radius 3 is 2.89 bits per heavy atom. The van der Waals surface area contributed by atoms with Crippen molar-refractivity contribution >= 4 is 0 Å². The van der Waals surface area contributed by atoms with E-state index in [1.165, 1.54) is 16.7 Å². The molecule has 1 aromatic carbocycles. The molecule has 0 fully saturated rings. The maximum atomic E-state index is 5.66. The minimum atomic E-state index is 0.0993. The molecule has 1 atom stereocenters. The molecular weight excluding hydrogens is 238 g/mol. The van der Waals surface area contributed by atoms with Crippen molar-refractivity contribution in [3.05, 3.63) is 53.0 Å². The minimum Gasteiger partial charge on any atom is -0.493 e. The standard InChI is InChI=1S/C16H19NO2/c1-11-7-9-19-16(11)15(17-2)13-5-6-14-12(10-13)4-3-8-18-14/h5-7,9-10,15,17H,3-4,8H2,1-2H3. The van der Waals surface area contributed by atoms with Crippen molar-refractivity contribution in [3.8, 4) is 5.75 Å². The summed E-state index contributed by atoms with van der Waals surface area (Å²) in [7, 11) is 1.96. The fourth-order valence-corrected chi connectivity index (χ4v) is 2.69. The van der Waals surface area contributed by atoms with Crippen LogP contribution in [0.3, 0.4) is 0 Å². The van der Waals surface area contributed by atoms with E-state index in [-0.39, 0.29) is 6.04 Å². The number of nitrogens with one attached hydrogen (secondary N) is 1. The fourth-order valence-electron chi connectivity index (χ4n) is 2.69. The molecule has 0 radical (unpaired) electrons. The number of hydrogen-bond donors (Lipinski definition) is 1. The molecule has 3 nitrogen and oxygen atoms in total. The molecule has 0 spiro atoms. The van der Waals surface area contributed by atoms with E-state index in [1.807, 2.05) is 13.1 Å². The van der Waals surface area contributed by atoms with Gasteiger partial charge in [0.05, 0.1) is 18.9 Å². The lowest BCUT2D eigenvalue weighted by molar-refractivity contribution is 0.288. The first-order valence-electron chi connectivity index (χ1n) is 6.76. The Bertz CT molecular complexity index is 574. The van der Waals surface area contributed by atoms with Crippen molar-refractivity contribution in [1.82, 2.24) is 5.32 Å². The van der Waals surface area contributed by atoms with Crippen LogP contribution in [0.5, 0.6) is 5.75 Å². The molecule has 1 N–H and O–H groups in total. The predicted molar refractivity (Wildman–Crippen MR) is 74.6 cm³/mol. The summed E-state index contributed by atoms with van der Waals surface area (Å²) in [5, 5.41) is 3.33. The van der Waals surface area contributed by atoms with E-state index in [0.717, 1.165) is 31.0 Å². The predicted octanol–water partition coefficient (Wildman–Crippen LogP) is 3.22. The molecule has 1 aromatic heterocycles. The first kappa shape index (κ1) is 12.3. The minimum absolute atomic E-state index is 0.0993. The zero-order chi connectivity index (χ0) is 13.2. The third kappa shape index (κ3) is 2.26. The monoisotopic (exact) mass is 257 g/mol. The number of aryl methyl sites for hydroxylation is 2. The zero-order valence-electron chi connectivity index (χ0n) is 11.4. The highest BCUT2D eigenvalue weighted by molar-refractivity contribution is 5.42. The maximum Gasteiger partial charge on any atom is 0.128 e. The second-order valence-corrected chi connectivity index (χ2v) is 5.01. The normalized spacial score (nSPS) is 15.7. The summed E-state index contributed by atoms with van der Waals surface area (Å²) >= 11 is 0. The molecule has 0 bridgehead atoms. The van der Waals surface area contributed by atoms with E-state index in [1.54, 1.807) is 6.26 Å². The second-order valence-electron chi connectivity index (χ2n) is 5.01. The second kappa shape index (κ2) is 5.10. The number of furan rings is 1. The Kier molecular flexibility index (Phi) is 3.30. The molecule has 0 amide bonds. The van der Waals surface area contributed by atoms with Gasteiger partial charge in [-0.15, -0.1) is 0 Å². The molecular formula is C16H19NO2. The summed E-state index contributed by atoms with van der Waals surface area (Å²) in [6.45, 7) is 2.91. The van der Waals surface area contributed by atoms with E-state index in [9.17, 15) is 0 Å². The summed E-state index contributed by atoms with van der Waals surface area (Å²) in [6.07, 6.45) is 3.94. The van der Waals surface area contributed by atoms with Gasteiger partial charge < -0.3 is 14.5 Å². The van der Waals surface area contributed by atoms with Crippen molar-refractivity contribution in [2.45, 2.75) is 25.8 Å². The lowest BCUT2D eigenvalue weighted by atomic mass is 9.97. The van der Waals surface area contributed by atoms with Crippen LogP contribution in [-0.2, 0) is 6.42 Å². The first-order chi connectivity index (χ1) is 9.29. The van der Waals surface area contributed by atoms with Crippen LogP contribution in [-0.4, -0.2) is 13.7 Å². The Balaban J connectivity index is 1.98. The number of fused-ring (bicyclic) bond motifs is 1. The highest BCUT2D eigenvalue weighted by Crippen LogP contribution is 2.31. The molecule has 19 heavy (non-hydrogen) atoms. The van der Waals surface area contributed by atoms with Crippen LogP contribution in [0.4, 0.5) is 0 Å². The number of ether oxygens (including phenoxy) is 1. The highest BCUT2D eigenvalue weighted by Gasteiger charge is 2.19. The van der Waals surface area contributed by atoms with Gasteiger partial charge in [0.1, 0.15) is 11.5 Å². The van der Waals surface area contributed by atoms with Gasteiger partial charge in [0.15, 0.2) is 0 Å². The average molecular weight is 257 g/mol. The number of benzene rings is 1. The summed E-state index contributed by atoms with van der Waals surface area (Å²) in [6, 6.07) is 8.53. The molecule has 3 heteroatoms. The first-order valence-corrected chi connectivity index (χ1v) is 6.76. The molecule has 100 valence electrons. The van der Waals surface area contributed by atoms with Gasteiger partial charge in [-0.05, 0) is 55.6 Å². The van der Waals surface area contributed by atoms with Gasteiger partial charge in [-0.25, -0.2) is 0 Å². The molecule has 1 aliphatic rings. The third-order valence-electron chi connectivity index (χ3n) is 3.72. The summed E-state index contributed by atoms with van der Waals surface area (Å²) in [5.74, 6) is 2.01. The van der Waals surface area contributed by atoms with Crippen LogP contribution >= 0.6 is 0 Å². The Morgan fingerprint density at radius 2 is 2.16 bits per heavy atom. The van der Waals surface area contributed by atoms with Gasteiger partial charge in [0.25, 0.3) is 0 Å². The molecule has 0 aliphatic carbocycles. The van der Waals surface area contributed by atoms with Gasteiger partial charge in [-0.2, -0.15) is 0 Å². The maximum absolute atomic E-state index is 5.66. The van der Waals surface area contributed by atoms with E-state index in [4.69, 9.17) is 9.15 Å². The van der Waals surface area contributed by atoms with Gasteiger partial charge in [0, 0.05) is 0 Å². The molecule has 1 aliphatic heterocycles. The van der Waals surface area contributed by atoms with Crippen LogP contribution in [0, 0.1) is 6.92 Å². The Labute approximate surface area is 113 Å². The van der Waals surface area contributed by atoms with Gasteiger partial charge >= 0.3 is 0 Å². The fraction of sp³-hybridized carbons (Fsp3) is 0.375. The Morgan fingerprint density at radius 1 is 1.26 bits per heavy atom. The molecule has 0 saturated heterocycles. The van der Waals surface area contributed by atoms with Crippen molar-refractivity contribution in [3.63, 3.8) is 0 Å². The number of hydrogen-bond acceptors (Lipinski definition) is 3. The van der Waals surface area contributed by atoms with Gasteiger partial charge in [-0.3, -0.25) is 0 Å². The smallest absolute Gasteiger partial charge is 0.128 e. The summed E-state index contributed by atoms with van der Waals surface area (Å²) in [5.41, 5.74) is 3.70. The van der Waals surface area contributed by atoms with E-state index >= 15 is 0 Å². The van der Waals surface area contributed by atoms with Gasteiger partial charge in [-0.1, -0.05) is 12.1 Å². The Hall–Kier alpha value is -1.74. The van der Waals surface area contributed by atoms with Gasteiger partial charge in [0.2, 0.25) is 0 Å². The molecule has 2 heterocycles. The highest BCUT2D eigenvalue weighted by atomic mass is 16.5. The van der Waals surface area contributed by atoms with Crippen LogP contribution in [0.1, 0.15) is 34.9 Å². The SMILES string of the molecule is CNC(c1ccc2c(c1)CCCO2)c1occc1C. The van der Waals surface area contributed by atoms with E-state index in [2.05, 4.69) is 30.4 Å². The topological polar surface area (TPSA) is 34.4 Å². The van der Waals surface area contributed by atoms with E-state index in [0.29, 0.717) is 0 Å². The van der Waals surface area contributed by atoms with E-state index < -0.39 is 0 Å². The number of rotatable bonds is 3. The lowest BCUT2D eigenvalue weighted by Gasteiger charge is -2.21. The molecule has 3 rings (SSSR count). The van der Waals surface area contributed by atoms with Crippen LogP contribution in [0.25, 0.3) is 0 Å². The summed E-state index contributed by atoms with van der Waals surface area (Å²) < 4.78 is 11.3. The summed E-state index contributed by atoms with van der Waals surface area (Å²) in [4.78, 5) is 0. The lowest BCUT2D eigenvalue weighted by Crippen LogP contribution is -2.18.